The Kier molecular flexibility index (Phi) is 9.80. The second-order valence-corrected chi connectivity index (χ2v) is 7.93. The zero-order valence-corrected chi connectivity index (χ0v) is 16.9. The minimum absolute atomic E-state index is 0. The van der Waals surface area contributed by atoms with Crippen molar-refractivity contribution in [3.05, 3.63) is 0 Å². The molecule has 2 N–H and O–H groups in total. The minimum Gasteiger partial charge on any atom is -0.353 e. The summed E-state index contributed by atoms with van der Waals surface area (Å²) in [7, 11) is 0. The van der Waals surface area contributed by atoms with Crippen molar-refractivity contribution in [1.29, 1.82) is 0 Å². The number of carbonyl (C=O) groups excluding carboxylic acids is 2. The van der Waals surface area contributed by atoms with E-state index in [0.717, 1.165) is 45.4 Å². The summed E-state index contributed by atoms with van der Waals surface area (Å²) in [4.78, 5) is 26.7. The second-order valence-electron chi connectivity index (χ2n) is 7.93. The molecule has 146 valence electrons. The van der Waals surface area contributed by atoms with Crippen molar-refractivity contribution in [2.24, 2.45) is 17.8 Å². The van der Waals surface area contributed by atoms with Crippen LogP contribution in [0.2, 0.25) is 0 Å². The number of amides is 2. The molecule has 0 aromatic rings. The number of rotatable bonds is 6. The predicted molar refractivity (Wildman–Crippen MR) is 104 cm³/mol. The minimum atomic E-state index is 0. The molecule has 1 unspecified atom stereocenters. The predicted octanol–water partition coefficient (Wildman–Crippen LogP) is 2.59. The van der Waals surface area contributed by atoms with E-state index in [2.05, 4.69) is 31.4 Å². The molecule has 2 amide bonds. The lowest BCUT2D eigenvalue weighted by molar-refractivity contribution is -0.136. The first kappa shape index (κ1) is 22.2. The van der Waals surface area contributed by atoms with Crippen LogP contribution in [0, 0.1) is 17.8 Å². The molecule has 2 saturated heterocycles. The molecule has 0 aromatic heterocycles. The van der Waals surface area contributed by atoms with Gasteiger partial charge in [0.25, 0.3) is 0 Å². The summed E-state index contributed by atoms with van der Waals surface area (Å²) in [6, 6.07) is 0.210. The average Bonchev–Trinajstić information content (AvgIpc) is 2.60. The van der Waals surface area contributed by atoms with Crippen molar-refractivity contribution in [3.8, 4) is 0 Å². The van der Waals surface area contributed by atoms with Crippen LogP contribution in [0.25, 0.3) is 0 Å². The molecule has 1 atom stereocenters. The standard InChI is InChI=1S/C19H35N3O2.ClH/c1-14(2)15(3)21-19(24)17-8-12-22(13-9-17)18(23)5-4-16-6-10-20-11-7-16;/h14-17,20H,4-13H2,1-3H3,(H,21,24);1H. The number of halogens is 1. The van der Waals surface area contributed by atoms with E-state index in [-0.39, 0.29) is 36.2 Å². The molecule has 0 aromatic carbocycles. The Balaban J connectivity index is 0.00000312. The van der Waals surface area contributed by atoms with Gasteiger partial charge in [-0.1, -0.05) is 13.8 Å². The first-order valence-electron chi connectivity index (χ1n) is 9.76. The molecule has 25 heavy (non-hydrogen) atoms. The number of hydrogen-bond acceptors (Lipinski definition) is 3. The summed E-state index contributed by atoms with van der Waals surface area (Å²) in [5.74, 6) is 1.67. The fraction of sp³-hybridized carbons (Fsp3) is 0.895. The highest BCUT2D eigenvalue weighted by Crippen LogP contribution is 2.22. The van der Waals surface area contributed by atoms with Crippen LogP contribution in [0.5, 0.6) is 0 Å². The lowest BCUT2D eigenvalue weighted by Crippen LogP contribution is -2.45. The van der Waals surface area contributed by atoms with E-state index in [0.29, 0.717) is 18.3 Å². The second kappa shape index (κ2) is 11.0. The van der Waals surface area contributed by atoms with Gasteiger partial charge >= 0.3 is 0 Å². The van der Waals surface area contributed by atoms with E-state index in [1.165, 1.54) is 12.8 Å². The fourth-order valence-corrected chi connectivity index (χ4v) is 3.56. The highest BCUT2D eigenvalue weighted by Gasteiger charge is 2.28. The molecule has 2 rings (SSSR count). The van der Waals surface area contributed by atoms with Gasteiger partial charge in [0.2, 0.25) is 11.8 Å². The van der Waals surface area contributed by atoms with Crippen molar-refractivity contribution < 1.29 is 9.59 Å². The Morgan fingerprint density at radius 1 is 1.08 bits per heavy atom. The Morgan fingerprint density at radius 3 is 2.24 bits per heavy atom. The largest absolute Gasteiger partial charge is 0.353 e. The summed E-state index contributed by atoms with van der Waals surface area (Å²) in [5, 5.41) is 6.48. The Labute approximate surface area is 159 Å². The Bertz CT molecular complexity index is 417. The van der Waals surface area contributed by atoms with Gasteiger partial charge in [0.1, 0.15) is 0 Å². The van der Waals surface area contributed by atoms with E-state index < -0.39 is 0 Å². The van der Waals surface area contributed by atoms with Crippen molar-refractivity contribution in [3.63, 3.8) is 0 Å². The molecule has 0 bridgehead atoms. The number of carbonyl (C=O) groups is 2. The van der Waals surface area contributed by atoms with Crippen molar-refractivity contribution in [2.45, 2.75) is 65.3 Å². The van der Waals surface area contributed by atoms with Crippen LogP contribution in [0.4, 0.5) is 0 Å². The van der Waals surface area contributed by atoms with Crippen molar-refractivity contribution >= 4 is 24.2 Å². The molecular formula is C19H36ClN3O2. The van der Waals surface area contributed by atoms with Crippen LogP contribution in [-0.4, -0.2) is 48.9 Å². The fourth-order valence-electron chi connectivity index (χ4n) is 3.56. The number of piperidine rings is 2. The van der Waals surface area contributed by atoms with Crippen LogP contribution in [0.1, 0.15) is 59.3 Å². The Morgan fingerprint density at radius 2 is 1.68 bits per heavy atom. The van der Waals surface area contributed by atoms with E-state index in [4.69, 9.17) is 0 Å². The van der Waals surface area contributed by atoms with Crippen molar-refractivity contribution in [1.82, 2.24) is 15.5 Å². The highest BCUT2D eigenvalue weighted by atomic mass is 35.5. The molecule has 2 heterocycles. The van der Waals surface area contributed by atoms with Crippen LogP contribution in [0.3, 0.4) is 0 Å². The van der Waals surface area contributed by atoms with E-state index in [9.17, 15) is 9.59 Å². The molecule has 2 fully saturated rings. The van der Waals surface area contributed by atoms with Gasteiger partial charge in [0, 0.05) is 31.5 Å². The smallest absolute Gasteiger partial charge is 0.223 e. The number of likely N-dealkylation sites (tertiary alicyclic amines) is 1. The molecule has 2 aliphatic heterocycles. The number of nitrogens with one attached hydrogen (secondary N) is 2. The van der Waals surface area contributed by atoms with Crippen LogP contribution in [-0.2, 0) is 9.59 Å². The van der Waals surface area contributed by atoms with E-state index in [1.807, 2.05) is 4.90 Å². The molecule has 5 nitrogen and oxygen atoms in total. The monoisotopic (exact) mass is 373 g/mol. The maximum absolute atomic E-state index is 12.4. The maximum atomic E-state index is 12.4. The van der Waals surface area contributed by atoms with Gasteiger partial charge < -0.3 is 15.5 Å². The summed E-state index contributed by atoms with van der Waals surface area (Å²) in [5.41, 5.74) is 0. The van der Waals surface area contributed by atoms with Gasteiger partial charge in [-0.25, -0.2) is 0 Å². The third kappa shape index (κ3) is 7.14. The normalized spacial score (nSPS) is 20.9. The van der Waals surface area contributed by atoms with Crippen LogP contribution in [0.15, 0.2) is 0 Å². The summed E-state index contributed by atoms with van der Waals surface area (Å²) < 4.78 is 0. The van der Waals surface area contributed by atoms with Crippen LogP contribution < -0.4 is 10.6 Å². The first-order chi connectivity index (χ1) is 11.5. The molecular weight excluding hydrogens is 338 g/mol. The lowest BCUT2D eigenvalue weighted by atomic mass is 9.92. The summed E-state index contributed by atoms with van der Waals surface area (Å²) >= 11 is 0. The summed E-state index contributed by atoms with van der Waals surface area (Å²) in [6.45, 7) is 9.95. The SMILES string of the molecule is CC(C)C(C)NC(=O)C1CCN(C(=O)CCC2CCNCC2)CC1.Cl. The molecule has 6 heteroatoms. The zero-order valence-electron chi connectivity index (χ0n) is 16.1. The Hall–Kier alpha value is -0.810. The lowest BCUT2D eigenvalue weighted by Gasteiger charge is -2.33. The quantitative estimate of drug-likeness (QED) is 0.752. The van der Waals surface area contributed by atoms with Crippen LogP contribution >= 0.6 is 12.4 Å². The van der Waals surface area contributed by atoms with Gasteiger partial charge in [0.05, 0.1) is 0 Å². The van der Waals surface area contributed by atoms with Gasteiger partial charge in [-0.2, -0.15) is 0 Å². The third-order valence-corrected chi connectivity index (χ3v) is 5.81. The van der Waals surface area contributed by atoms with Gasteiger partial charge in [-0.3, -0.25) is 9.59 Å². The highest BCUT2D eigenvalue weighted by molar-refractivity contribution is 5.85. The molecule has 0 spiro atoms. The van der Waals surface area contributed by atoms with E-state index in [1.54, 1.807) is 0 Å². The molecule has 2 aliphatic rings. The van der Waals surface area contributed by atoms with Crippen molar-refractivity contribution in [2.75, 3.05) is 26.2 Å². The topological polar surface area (TPSA) is 61.4 Å². The molecule has 0 saturated carbocycles. The number of hydrogen-bond donors (Lipinski definition) is 2. The zero-order chi connectivity index (χ0) is 17.5. The summed E-state index contributed by atoms with van der Waals surface area (Å²) in [6.07, 6.45) is 5.69. The van der Waals surface area contributed by atoms with Gasteiger partial charge in [-0.15, -0.1) is 12.4 Å². The van der Waals surface area contributed by atoms with Gasteiger partial charge in [0.15, 0.2) is 0 Å². The number of nitrogens with zero attached hydrogens (tertiary/aromatic N) is 1. The average molecular weight is 374 g/mol. The van der Waals surface area contributed by atoms with E-state index >= 15 is 0 Å². The van der Waals surface area contributed by atoms with Gasteiger partial charge in [-0.05, 0) is 64.0 Å². The molecule has 0 aliphatic carbocycles. The maximum Gasteiger partial charge on any atom is 0.223 e. The third-order valence-electron chi connectivity index (χ3n) is 5.81. The molecule has 0 radical (unpaired) electrons. The first-order valence-corrected chi connectivity index (χ1v) is 9.76.